The van der Waals surface area contributed by atoms with Crippen molar-refractivity contribution in [1.82, 2.24) is 5.32 Å². The fourth-order valence-electron chi connectivity index (χ4n) is 3.62. The van der Waals surface area contributed by atoms with E-state index < -0.39 is 0 Å². The van der Waals surface area contributed by atoms with Crippen LogP contribution >= 0.6 is 11.6 Å². The largest absolute Gasteiger partial charge is 0.374 e. The Bertz CT molecular complexity index is 423. The van der Waals surface area contributed by atoms with Crippen molar-refractivity contribution in [2.75, 3.05) is 13.2 Å². The second-order valence-corrected chi connectivity index (χ2v) is 6.44. The van der Waals surface area contributed by atoms with Gasteiger partial charge in [-0.1, -0.05) is 49.9 Å². The van der Waals surface area contributed by atoms with Gasteiger partial charge >= 0.3 is 0 Å². The summed E-state index contributed by atoms with van der Waals surface area (Å²) >= 11 is 6.14. The van der Waals surface area contributed by atoms with Crippen molar-refractivity contribution in [2.24, 2.45) is 0 Å². The molecule has 1 N–H and O–H groups in total. The lowest BCUT2D eigenvalue weighted by Crippen LogP contribution is -2.54. The Labute approximate surface area is 134 Å². The molecule has 1 aromatic rings. The van der Waals surface area contributed by atoms with Gasteiger partial charge in [-0.2, -0.15) is 0 Å². The van der Waals surface area contributed by atoms with Crippen LogP contribution < -0.4 is 5.32 Å². The molecular weight excluding hydrogens is 282 g/mol. The van der Waals surface area contributed by atoms with Crippen LogP contribution in [0.5, 0.6) is 0 Å². The quantitative estimate of drug-likeness (QED) is 0.794. The minimum atomic E-state index is -0.00860. The molecule has 2 nitrogen and oxygen atoms in total. The summed E-state index contributed by atoms with van der Waals surface area (Å²) < 4.78 is 6.29. The number of rotatable bonds is 7. The van der Waals surface area contributed by atoms with Crippen LogP contribution in [0.25, 0.3) is 0 Å². The summed E-state index contributed by atoms with van der Waals surface area (Å²) in [6, 6.07) is 8.58. The highest BCUT2D eigenvalue weighted by atomic mass is 35.5. The minimum absolute atomic E-state index is 0.00860. The molecule has 0 spiro atoms. The first-order valence-corrected chi connectivity index (χ1v) is 8.70. The van der Waals surface area contributed by atoms with Crippen molar-refractivity contribution < 1.29 is 4.74 Å². The molecule has 1 fully saturated rings. The van der Waals surface area contributed by atoms with Gasteiger partial charge in [0.2, 0.25) is 0 Å². The number of ether oxygens (including phenoxy) is 1. The Hall–Kier alpha value is -0.570. The summed E-state index contributed by atoms with van der Waals surface area (Å²) in [5.74, 6) is 0. The normalized spacial score (nSPS) is 19.4. The number of benzene rings is 1. The predicted molar refractivity (Wildman–Crippen MR) is 90.1 cm³/mol. The van der Waals surface area contributed by atoms with Gasteiger partial charge in [-0.25, -0.2) is 0 Å². The molecule has 1 saturated carbocycles. The lowest BCUT2D eigenvalue weighted by Gasteiger charge is -2.44. The Morgan fingerprint density at radius 3 is 2.62 bits per heavy atom. The summed E-state index contributed by atoms with van der Waals surface area (Å²) in [5.41, 5.74) is 1.28. The highest BCUT2D eigenvalue weighted by Crippen LogP contribution is 2.36. The third-order valence-electron chi connectivity index (χ3n) is 4.55. The van der Waals surface area contributed by atoms with Crippen molar-refractivity contribution in [3.63, 3.8) is 0 Å². The van der Waals surface area contributed by atoms with Crippen molar-refractivity contribution in [2.45, 2.75) is 64.0 Å². The van der Waals surface area contributed by atoms with E-state index in [0.29, 0.717) is 6.04 Å². The summed E-state index contributed by atoms with van der Waals surface area (Å²) in [7, 11) is 0. The summed E-state index contributed by atoms with van der Waals surface area (Å²) in [6.07, 6.45) is 7.20. The van der Waals surface area contributed by atoms with Crippen molar-refractivity contribution >= 4 is 11.6 Å². The van der Waals surface area contributed by atoms with Gasteiger partial charge in [0.15, 0.2) is 0 Å². The zero-order valence-corrected chi connectivity index (χ0v) is 14.1. The average Bonchev–Trinajstić information content (AvgIpc) is 2.48. The first-order valence-electron chi connectivity index (χ1n) is 8.32. The molecule has 21 heavy (non-hydrogen) atoms. The molecule has 1 aliphatic carbocycles. The number of nitrogens with one attached hydrogen (secondary N) is 1. The van der Waals surface area contributed by atoms with E-state index in [9.17, 15) is 0 Å². The highest BCUT2D eigenvalue weighted by Gasteiger charge is 2.40. The standard InChI is InChI=1S/C18H28ClNO/c1-3-20-17(14-15-9-8-10-16(19)13-15)18(21-4-2)11-6-5-7-12-18/h8-10,13,17,20H,3-7,11-12,14H2,1-2H3. The maximum absolute atomic E-state index is 6.29. The number of hydrogen-bond donors (Lipinski definition) is 1. The molecule has 0 bridgehead atoms. The van der Waals surface area contributed by atoms with Crippen LogP contribution in [0.15, 0.2) is 24.3 Å². The van der Waals surface area contributed by atoms with Gasteiger partial charge in [0.05, 0.1) is 5.60 Å². The van der Waals surface area contributed by atoms with Crippen LogP contribution in [0.3, 0.4) is 0 Å². The van der Waals surface area contributed by atoms with Crippen LogP contribution in [-0.4, -0.2) is 24.8 Å². The topological polar surface area (TPSA) is 21.3 Å². The molecule has 1 atom stereocenters. The van der Waals surface area contributed by atoms with Crippen LogP contribution in [0.2, 0.25) is 5.02 Å². The first kappa shape index (κ1) is 16.8. The molecule has 0 aromatic heterocycles. The van der Waals surface area contributed by atoms with Crippen molar-refractivity contribution in [3.05, 3.63) is 34.9 Å². The van der Waals surface area contributed by atoms with Gasteiger partial charge < -0.3 is 10.1 Å². The van der Waals surface area contributed by atoms with Crippen LogP contribution in [0.1, 0.15) is 51.5 Å². The molecule has 1 aromatic carbocycles. The third-order valence-corrected chi connectivity index (χ3v) is 4.78. The van der Waals surface area contributed by atoms with E-state index in [-0.39, 0.29) is 5.60 Å². The van der Waals surface area contributed by atoms with Gasteiger partial charge in [-0.3, -0.25) is 0 Å². The zero-order chi connectivity index (χ0) is 15.1. The Balaban J connectivity index is 2.18. The van der Waals surface area contributed by atoms with Gasteiger partial charge in [0.25, 0.3) is 0 Å². The molecule has 2 rings (SSSR count). The number of likely N-dealkylation sites (N-methyl/N-ethyl adjacent to an activating group) is 1. The molecule has 0 heterocycles. The predicted octanol–water partition coefficient (Wildman–Crippen LogP) is 4.60. The lowest BCUT2D eigenvalue weighted by molar-refractivity contribution is -0.0894. The van der Waals surface area contributed by atoms with E-state index in [2.05, 4.69) is 31.3 Å². The average molecular weight is 310 g/mol. The molecule has 0 amide bonds. The Kier molecular flexibility index (Phi) is 6.53. The fraction of sp³-hybridized carbons (Fsp3) is 0.667. The lowest BCUT2D eigenvalue weighted by atomic mass is 9.77. The molecular formula is C18H28ClNO. The van der Waals surface area contributed by atoms with Gasteiger partial charge in [0.1, 0.15) is 0 Å². The second-order valence-electron chi connectivity index (χ2n) is 6.00. The smallest absolute Gasteiger partial charge is 0.0837 e. The van der Waals surface area contributed by atoms with Gasteiger partial charge in [0, 0.05) is 17.7 Å². The number of hydrogen-bond acceptors (Lipinski definition) is 2. The molecule has 3 heteroatoms. The third kappa shape index (κ3) is 4.45. The van der Waals surface area contributed by atoms with Gasteiger partial charge in [-0.15, -0.1) is 0 Å². The van der Waals surface area contributed by atoms with E-state index in [1.54, 1.807) is 0 Å². The molecule has 0 radical (unpaired) electrons. The molecule has 0 aliphatic heterocycles. The summed E-state index contributed by atoms with van der Waals surface area (Å²) in [4.78, 5) is 0. The van der Waals surface area contributed by atoms with E-state index in [4.69, 9.17) is 16.3 Å². The van der Waals surface area contributed by atoms with Crippen molar-refractivity contribution in [3.8, 4) is 0 Å². The van der Waals surface area contributed by atoms with Crippen molar-refractivity contribution in [1.29, 1.82) is 0 Å². The summed E-state index contributed by atoms with van der Waals surface area (Å²) in [5, 5.41) is 4.49. The highest BCUT2D eigenvalue weighted by molar-refractivity contribution is 6.30. The van der Waals surface area contributed by atoms with Crippen LogP contribution in [0, 0.1) is 0 Å². The van der Waals surface area contributed by atoms with Crippen LogP contribution in [-0.2, 0) is 11.2 Å². The zero-order valence-electron chi connectivity index (χ0n) is 13.3. The fourth-order valence-corrected chi connectivity index (χ4v) is 3.83. The molecule has 1 unspecified atom stereocenters. The molecule has 0 saturated heterocycles. The van der Waals surface area contributed by atoms with E-state index in [1.165, 1.54) is 37.7 Å². The maximum atomic E-state index is 6.29. The SMILES string of the molecule is CCNC(Cc1cccc(Cl)c1)C1(OCC)CCCCC1. The van der Waals surface area contributed by atoms with Gasteiger partial charge in [-0.05, 0) is 50.4 Å². The minimum Gasteiger partial charge on any atom is -0.374 e. The summed E-state index contributed by atoms with van der Waals surface area (Å²) in [6.45, 7) is 6.05. The van der Waals surface area contributed by atoms with E-state index in [1.807, 2.05) is 12.1 Å². The van der Waals surface area contributed by atoms with Crippen LogP contribution in [0.4, 0.5) is 0 Å². The van der Waals surface area contributed by atoms with E-state index in [0.717, 1.165) is 24.6 Å². The van der Waals surface area contributed by atoms with E-state index >= 15 is 0 Å². The monoisotopic (exact) mass is 309 g/mol. The molecule has 118 valence electrons. The maximum Gasteiger partial charge on any atom is 0.0837 e. The Morgan fingerprint density at radius 2 is 2.00 bits per heavy atom. The second kappa shape index (κ2) is 8.17. The Morgan fingerprint density at radius 1 is 1.24 bits per heavy atom. The number of halogens is 1. The molecule has 1 aliphatic rings. The first-order chi connectivity index (χ1) is 10.2.